The van der Waals surface area contributed by atoms with Gasteiger partial charge in [-0.05, 0) is 161 Å². The van der Waals surface area contributed by atoms with Gasteiger partial charge in [0, 0.05) is 60.8 Å². The number of hydrogen-bond acceptors (Lipinski definition) is 3. The van der Waals surface area contributed by atoms with E-state index >= 15 is 0 Å². The zero-order valence-corrected chi connectivity index (χ0v) is 40.9. The van der Waals surface area contributed by atoms with Gasteiger partial charge >= 0.3 is 0 Å². The number of fused-ring (bicyclic) bond motifs is 18. The van der Waals surface area contributed by atoms with E-state index in [0.29, 0.717) is 6.61 Å². The van der Waals surface area contributed by atoms with Crippen molar-refractivity contribution in [1.82, 2.24) is 0 Å². The molecule has 0 atom stereocenters. The second kappa shape index (κ2) is 14.0. The summed E-state index contributed by atoms with van der Waals surface area (Å²) in [6, 6.07) is 70.0. The summed E-state index contributed by atoms with van der Waals surface area (Å²) in [6.45, 7) is 15.1. The first kappa shape index (κ1) is 40.7. The molecule has 11 aromatic rings. The number of rotatable bonds is 4. The third-order valence-corrected chi connectivity index (χ3v) is 17.1. The van der Waals surface area contributed by atoms with E-state index in [1.165, 1.54) is 99.6 Å². The Morgan fingerprint density at radius 2 is 1.03 bits per heavy atom. The molecule has 4 aliphatic rings. The molecule has 0 spiro atoms. The summed E-state index contributed by atoms with van der Waals surface area (Å²) in [6.07, 6.45) is 0. The third kappa shape index (κ3) is 5.44. The summed E-state index contributed by atoms with van der Waals surface area (Å²) >= 11 is 0. The van der Waals surface area contributed by atoms with Crippen molar-refractivity contribution in [2.24, 2.45) is 0 Å². The van der Waals surface area contributed by atoms with Crippen LogP contribution < -0.4 is 9.64 Å². The van der Waals surface area contributed by atoms with Crippen LogP contribution in [0.15, 0.2) is 192 Å². The predicted molar refractivity (Wildman–Crippen MR) is 294 cm³/mol. The highest BCUT2D eigenvalue weighted by molar-refractivity contribution is 6.19. The maximum atomic E-state index is 6.88. The van der Waals surface area contributed by atoms with Gasteiger partial charge in [-0.2, -0.15) is 0 Å². The predicted octanol–water partition coefficient (Wildman–Crippen LogP) is 18.4. The van der Waals surface area contributed by atoms with Crippen molar-refractivity contribution in [2.45, 2.75) is 64.4 Å². The lowest BCUT2D eigenvalue weighted by Crippen LogP contribution is -2.18. The van der Waals surface area contributed by atoms with Crippen LogP contribution in [0.1, 0.15) is 80.5 Å². The Morgan fingerprint density at radius 3 is 1.86 bits per heavy atom. The second-order valence-corrected chi connectivity index (χ2v) is 22.0. The lowest BCUT2D eigenvalue weighted by atomic mass is 9.79. The van der Waals surface area contributed by atoms with E-state index in [-0.39, 0.29) is 16.2 Å². The van der Waals surface area contributed by atoms with Gasteiger partial charge in [-0.15, -0.1) is 0 Å². The first-order valence-corrected chi connectivity index (χ1v) is 25.2. The van der Waals surface area contributed by atoms with Crippen LogP contribution in [0.5, 0.6) is 5.75 Å². The molecule has 2 heterocycles. The highest BCUT2D eigenvalue weighted by Crippen LogP contribution is 2.61. The highest BCUT2D eigenvalue weighted by Gasteiger charge is 2.44. The van der Waals surface area contributed by atoms with Crippen LogP contribution >= 0.6 is 0 Å². The number of benzene rings is 10. The Bertz CT molecular complexity index is 4150. The molecule has 0 unspecified atom stereocenters. The molecule has 0 bridgehead atoms. The molecule has 0 saturated carbocycles. The quantitative estimate of drug-likeness (QED) is 0.176. The fraction of sp³-hybridized carbons (Fsp3) is 0.147. The topological polar surface area (TPSA) is 25.6 Å². The van der Waals surface area contributed by atoms with Crippen molar-refractivity contribution in [3.63, 3.8) is 0 Å². The molecule has 0 N–H and O–H groups in total. The van der Waals surface area contributed by atoms with Gasteiger partial charge in [0.25, 0.3) is 0 Å². The first-order chi connectivity index (χ1) is 34.5. The molecule has 3 nitrogen and oxygen atoms in total. The van der Waals surface area contributed by atoms with Gasteiger partial charge in [0.15, 0.2) is 0 Å². The fourth-order valence-corrected chi connectivity index (χ4v) is 13.4. The molecule has 0 amide bonds. The molecule has 340 valence electrons. The van der Waals surface area contributed by atoms with Gasteiger partial charge in [0.1, 0.15) is 23.5 Å². The standard InChI is InChI=1S/C68H51NO2/c1-66(2)53-31-26-42-38-70-59-22-14-12-20-48(59)61(42)63(53)52-37-56-51(36-57(52)66)46-29-27-44(33-54(46)67(56,3)4)69(43-18-8-7-9-19-43)45-28-30-47-55(34-45)68(5,6)58-35-50(41-25-24-39-16-10-11-17-40(39)32-41)65-64(62(47)58)49-21-13-15-23-60(49)71-65/h7-37H,38H2,1-6H3. The van der Waals surface area contributed by atoms with Crippen molar-refractivity contribution in [3.8, 4) is 61.4 Å². The monoisotopic (exact) mass is 913 g/mol. The molecule has 1 aliphatic heterocycles. The fourth-order valence-electron chi connectivity index (χ4n) is 13.4. The van der Waals surface area contributed by atoms with Gasteiger partial charge in [-0.1, -0.05) is 157 Å². The normalized spacial score (nSPS) is 15.6. The molecule has 3 heteroatoms. The summed E-state index contributed by atoms with van der Waals surface area (Å²) in [5.41, 5.74) is 26.7. The Kier molecular flexibility index (Phi) is 8.04. The van der Waals surface area contributed by atoms with E-state index in [0.717, 1.165) is 50.5 Å². The van der Waals surface area contributed by atoms with E-state index in [9.17, 15) is 0 Å². The first-order valence-electron chi connectivity index (χ1n) is 25.2. The maximum absolute atomic E-state index is 6.88. The third-order valence-electron chi connectivity index (χ3n) is 17.1. The maximum Gasteiger partial charge on any atom is 0.143 e. The molecule has 3 aliphatic carbocycles. The number of furan rings is 1. The number of nitrogens with zero attached hydrogens (tertiary/aromatic N) is 1. The minimum absolute atomic E-state index is 0.158. The van der Waals surface area contributed by atoms with Crippen LogP contribution in [0.2, 0.25) is 0 Å². The number of hydrogen-bond donors (Lipinski definition) is 0. The van der Waals surface area contributed by atoms with Gasteiger partial charge in [-0.25, -0.2) is 0 Å². The summed E-state index contributed by atoms with van der Waals surface area (Å²) < 4.78 is 13.2. The van der Waals surface area contributed by atoms with E-state index in [2.05, 4.69) is 234 Å². The van der Waals surface area contributed by atoms with E-state index in [1.54, 1.807) is 0 Å². The minimum Gasteiger partial charge on any atom is -0.488 e. The van der Waals surface area contributed by atoms with Crippen LogP contribution in [-0.4, -0.2) is 0 Å². The Hall–Kier alpha value is -8.14. The summed E-state index contributed by atoms with van der Waals surface area (Å²) in [5, 5.41) is 4.80. The molecule has 0 saturated heterocycles. The SMILES string of the molecule is CC1(C)c2cc(N(c3ccccc3)c3ccc4c(c3)C(C)(C)c3cc(-c5ccc6ccccc6c5)c5oc6ccccc6c5c3-4)ccc2-c2cc3c(cc21)-c1c(ccc2c1-c1ccccc1OC2)C3(C)C. The smallest absolute Gasteiger partial charge is 0.143 e. The lowest BCUT2D eigenvalue weighted by molar-refractivity contribution is 0.302. The molecule has 1 aromatic heterocycles. The van der Waals surface area contributed by atoms with Crippen LogP contribution in [0.3, 0.4) is 0 Å². The number of anilines is 3. The largest absolute Gasteiger partial charge is 0.488 e. The summed E-state index contributed by atoms with van der Waals surface area (Å²) in [4.78, 5) is 2.47. The molecule has 71 heavy (non-hydrogen) atoms. The van der Waals surface area contributed by atoms with Crippen molar-refractivity contribution < 1.29 is 9.15 Å². The summed E-state index contributed by atoms with van der Waals surface area (Å²) in [7, 11) is 0. The lowest BCUT2D eigenvalue weighted by Gasteiger charge is -2.29. The van der Waals surface area contributed by atoms with Crippen LogP contribution in [-0.2, 0) is 22.9 Å². The van der Waals surface area contributed by atoms with Crippen molar-refractivity contribution in [2.75, 3.05) is 4.90 Å². The number of ether oxygens (including phenoxy) is 1. The van der Waals surface area contributed by atoms with Gasteiger partial charge in [-0.3, -0.25) is 0 Å². The zero-order chi connectivity index (χ0) is 47.7. The number of para-hydroxylation sites is 3. The van der Waals surface area contributed by atoms with Crippen molar-refractivity contribution in [1.29, 1.82) is 0 Å². The van der Waals surface area contributed by atoms with Crippen molar-refractivity contribution >= 4 is 49.8 Å². The van der Waals surface area contributed by atoms with Gasteiger partial charge < -0.3 is 14.1 Å². The van der Waals surface area contributed by atoms with Crippen LogP contribution in [0, 0.1) is 0 Å². The van der Waals surface area contributed by atoms with E-state index in [4.69, 9.17) is 9.15 Å². The van der Waals surface area contributed by atoms with Crippen LogP contribution in [0.25, 0.3) is 88.3 Å². The molecule has 0 radical (unpaired) electrons. The van der Waals surface area contributed by atoms with Gasteiger partial charge in [0.05, 0.1) is 0 Å². The molecular formula is C68H51NO2. The Labute approximate surface area is 414 Å². The molecule has 15 rings (SSSR count). The highest BCUT2D eigenvalue weighted by atomic mass is 16.5. The second-order valence-electron chi connectivity index (χ2n) is 22.0. The Balaban J connectivity index is 0.876. The summed E-state index contributed by atoms with van der Waals surface area (Å²) in [5.74, 6) is 0.968. The average Bonchev–Trinajstić information content (AvgIpc) is 4.04. The minimum atomic E-state index is -0.302. The Morgan fingerprint density at radius 1 is 0.394 bits per heavy atom. The zero-order valence-electron chi connectivity index (χ0n) is 40.9. The van der Waals surface area contributed by atoms with Crippen molar-refractivity contribution in [3.05, 3.63) is 227 Å². The molecular weight excluding hydrogens is 863 g/mol. The molecule has 10 aromatic carbocycles. The molecule has 0 fully saturated rings. The van der Waals surface area contributed by atoms with Gasteiger partial charge in [0.2, 0.25) is 0 Å². The van der Waals surface area contributed by atoms with Crippen LogP contribution in [0.4, 0.5) is 17.1 Å². The van der Waals surface area contributed by atoms with E-state index in [1.807, 2.05) is 0 Å². The average molecular weight is 914 g/mol. The van der Waals surface area contributed by atoms with E-state index < -0.39 is 0 Å².